The van der Waals surface area contributed by atoms with E-state index in [1.807, 2.05) is 19.9 Å². The summed E-state index contributed by atoms with van der Waals surface area (Å²) in [7, 11) is 0. The van der Waals surface area contributed by atoms with Gasteiger partial charge in [-0.15, -0.1) is 0 Å². The molecule has 0 saturated carbocycles. The van der Waals surface area contributed by atoms with Crippen molar-refractivity contribution in [2.45, 2.75) is 26.3 Å². The molecule has 1 heterocycles. The molecule has 0 aliphatic carbocycles. The van der Waals surface area contributed by atoms with Crippen LogP contribution in [0.1, 0.15) is 36.3 Å². The topological polar surface area (TPSA) is 103 Å². The second-order valence-corrected chi connectivity index (χ2v) is 4.54. The third-order valence-corrected chi connectivity index (χ3v) is 2.44. The van der Waals surface area contributed by atoms with Gasteiger partial charge in [-0.05, 0) is 24.5 Å². The Labute approximate surface area is 111 Å². The number of hydrogen-bond acceptors (Lipinski definition) is 4. The Morgan fingerprint density at radius 3 is 2.58 bits per heavy atom. The van der Waals surface area contributed by atoms with Crippen molar-refractivity contribution in [1.82, 2.24) is 10.3 Å². The van der Waals surface area contributed by atoms with Gasteiger partial charge in [0.05, 0.1) is 5.56 Å². The first-order valence-electron chi connectivity index (χ1n) is 5.84. The zero-order valence-corrected chi connectivity index (χ0v) is 10.8. The molecule has 0 saturated heterocycles. The zero-order chi connectivity index (χ0) is 14.4. The van der Waals surface area contributed by atoms with Crippen molar-refractivity contribution >= 4 is 11.9 Å². The van der Waals surface area contributed by atoms with Crippen LogP contribution >= 0.6 is 0 Å². The first-order valence-corrected chi connectivity index (χ1v) is 5.84. The highest BCUT2D eigenvalue weighted by Gasteiger charge is 2.22. The summed E-state index contributed by atoms with van der Waals surface area (Å²) in [5.41, 5.74) is 0.433. The van der Waals surface area contributed by atoms with Gasteiger partial charge in [0.25, 0.3) is 5.91 Å². The number of nitrogens with zero attached hydrogens (tertiary/aromatic N) is 2. The third kappa shape index (κ3) is 4.39. The average Bonchev–Trinajstić information content (AvgIpc) is 2.37. The molecule has 1 aromatic heterocycles. The predicted molar refractivity (Wildman–Crippen MR) is 67.3 cm³/mol. The van der Waals surface area contributed by atoms with Crippen LogP contribution in [0.25, 0.3) is 0 Å². The number of rotatable bonds is 5. The number of pyridine rings is 1. The molecule has 1 rings (SSSR count). The summed E-state index contributed by atoms with van der Waals surface area (Å²) in [4.78, 5) is 26.7. The lowest BCUT2D eigenvalue weighted by molar-refractivity contribution is -0.139. The van der Waals surface area contributed by atoms with Crippen LogP contribution < -0.4 is 5.32 Å². The summed E-state index contributed by atoms with van der Waals surface area (Å²) in [6, 6.07) is 3.80. The maximum absolute atomic E-state index is 11.8. The molecule has 0 aliphatic heterocycles. The molecule has 0 bridgehead atoms. The van der Waals surface area contributed by atoms with Gasteiger partial charge in [0.2, 0.25) is 0 Å². The molecule has 2 N–H and O–H groups in total. The number of carboxylic acids is 1. The third-order valence-electron chi connectivity index (χ3n) is 2.44. The lowest BCUT2D eigenvalue weighted by Gasteiger charge is -2.16. The molecule has 1 amide bonds. The Balaban J connectivity index is 2.76. The van der Waals surface area contributed by atoms with E-state index in [-0.39, 0.29) is 11.6 Å². The Bertz CT molecular complexity index is 503. The fourth-order valence-electron chi connectivity index (χ4n) is 1.52. The fraction of sp³-hybridized carbons (Fsp3) is 0.385. The minimum Gasteiger partial charge on any atom is -0.480 e. The Kier molecular flexibility index (Phi) is 5.01. The van der Waals surface area contributed by atoms with Crippen LogP contribution in [0.4, 0.5) is 0 Å². The van der Waals surface area contributed by atoms with E-state index in [4.69, 9.17) is 10.4 Å². The number of hydrogen-bond donors (Lipinski definition) is 2. The van der Waals surface area contributed by atoms with Gasteiger partial charge < -0.3 is 10.4 Å². The lowest BCUT2D eigenvalue weighted by Crippen LogP contribution is -2.41. The minimum atomic E-state index is -1.07. The first-order chi connectivity index (χ1) is 8.93. The molecule has 0 unspecified atom stereocenters. The molecule has 0 aliphatic rings. The van der Waals surface area contributed by atoms with Crippen LogP contribution in [0.15, 0.2) is 18.3 Å². The largest absolute Gasteiger partial charge is 0.480 e. The second-order valence-electron chi connectivity index (χ2n) is 4.54. The van der Waals surface area contributed by atoms with E-state index in [1.54, 1.807) is 0 Å². The number of aromatic nitrogens is 1. The number of amides is 1. The Hall–Kier alpha value is -2.42. The fourth-order valence-corrected chi connectivity index (χ4v) is 1.52. The molecule has 19 heavy (non-hydrogen) atoms. The molecular formula is C13H15N3O3. The predicted octanol–water partition coefficient (Wildman–Crippen LogP) is 1.18. The molecule has 100 valence electrons. The molecule has 0 spiro atoms. The molecule has 1 aromatic rings. The van der Waals surface area contributed by atoms with Gasteiger partial charge in [0.1, 0.15) is 17.8 Å². The van der Waals surface area contributed by atoms with Gasteiger partial charge in [0.15, 0.2) is 0 Å². The molecule has 6 nitrogen and oxygen atoms in total. The summed E-state index contributed by atoms with van der Waals surface area (Å²) >= 11 is 0. The van der Waals surface area contributed by atoms with E-state index >= 15 is 0 Å². The standard InChI is InChI=1S/C13H15N3O3/c1-8(2)5-11(13(18)19)16-12(17)10-4-3-9(6-14)7-15-10/h3-4,7-8,11H,5H2,1-2H3,(H,16,17)(H,18,19)/t11-/m0/s1. The second kappa shape index (κ2) is 6.50. The summed E-state index contributed by atoms with van der Waals surface area (Å²) in [5, 5.41) is 20.1. The van der Waals surface area contributed by atoms with Crippen molar-refractivity contribution in [3.63, 3.8) is 0 Å². The van der Waals surface area contributed by atoms with Gasteiger partial charge in [0, 0.05) is 6.20 Å². The summed E-state index contributed by atoms with van der Waals surface area (Å²) in [5.74, 6) is -1.48. The Morgan fingerprint density at radius 1 is 1.47 bits per heavy atom. The molecule has 0 radical (unpaired) electrons. The van der Waals surface area contributed by atoms with Crippen LogP contribution in [-0.2, 0) is 4.79 Å². The van der Waals surface area contributed by atoms with Crippen LogP contribution in [0.3, 0.4) is 0 Å². The summed E-state index contributed by atoms with van der Waals surface area (Å²) in [6.45, 7) is 3.75. The number of carboxylic acid groups (broad SMARTS) is 1. The van der Waals surface area contributed by atoms with Crippen LogP contribution in [0.2, 0.25) is 0 Å². The maximum Gasteiger partial charge on any atom is 0.326 e. The summed E-state index contributed by atoms with van der Waals surface area (Å²) < 4.78 is 0. The van der Waals surface area contributed by atoms with Gasteiger partial charge >= 0.3 is 5.97 Å². The van der Waals surface area contributed by atoms with E-state index < -0.39 is 17.9 Å². The highest BCUT2D eigenvalue weighted by atomic mass is 16.4. The van der Waals surface area contributed by atoms with Crippen molar-refractivity contribution < 1.29 is 14.7 Å². The van der Waals surface area contributed by atoms with Crippen LogP contribution in [-0.4, -0.2) is 28.0 Å². The molecule has 0 fully saturated rings. The van der Waals surface area contributed by atoms with E-state index in [9.17, 15) is 9.59 Å². The molecule has 1 atom stereocenters. The van der Waals surface area contributed by atoms with Gasteiger partial charge in [-0.25, -0.2) is 9.78 Å². The zero-order valence-electron chi connectivity index (χ0n) is 10.8. The quantitative estimate of drug-likeness (QED) is 0.828. The van der Waals surface area contributed by atoms with Gasteiger partial charge in [-0.3, -0.25) is 4.79 Å². The molecule has 6 heteroatoms. The number of carbonyl (C=O) groups excluding carboxylic acids is 1. The highest BCUT2D eigenvalue weighted by Crippen LogP contribution is 2.06. The first kappa shape index (κ1) is 14.6. The number of nitriles is 1. The van der Waals surface area contributed by atoms with E-state index in [0.29, 0.717) is 12.0 Å². The van der Waals surface area contributed by atoms with Crippen molar-refractivity contribution in [1.29, 1.82) is 5.26 Å². The van der Waals surface area contributed by atoms with Gasteiger partial charge in [-0.2, -0.15) is 5.26 Å². The number of carbonyl (C=O) groups is 2. The normalized spacial score (nSPS) is 11.7. The number of nitrogens with one attached hydrogen (secondary N) is 1. The van der Waals surface area contributed by atoms with Crippen molar-refractivity contribution in [3.05, 3.63) is 29.6 Å². The smallest absolute Gasteiger partial charge is 0.326 e. The number of aliphatic carboxylic acids is 1. The lowest BCUT2D eigenvalue weighted by atomic mass is 10.0. The van der Waals surface area contributed by atoms with Crippen molar-refractivity contribution in [2.75, 3.05) is 0 Å². The SMILES string of the molecule is CC(C)C[C@H](NC(=O)c1ccc(C#N)cn1)C(=O)O. The van der Waals surface area contributed by atoms with Crippen molar-refractivity contribution in [2.24, 2.45) is 5.92 Å². The minimum absolute atomic E-state index is 0.0917. The Morgan fingerprint density at radius 2 is 2.16 bits per heavy atom. The van der Waals surface area contributed by atoms with Gasteiger partial charge in [-0.1, -0.05) is 13.8 Å². The summed E-state index contributed by atoms with van der Waals surface area (Å²) in [6.07, 6.45) is 1.62. The molecule has 0 aromatic carbocycles. The van der Waals surface area contributed by atoms with Crippen LogP contribution in [0, 0.1) is 17.2 Å². The van der Waals surface area contributed by atoms with E-state index in [0.717, 1.165) is 0 Å². The van der Waals surface area contributed by atoms with Crippen molar-refractivity contribution in [3.8, 4) is 6.07 Å². The van der Waals surface area contributed by atoms with E-state index in [1.165, 1.54) is 18.3 Å². The average molecular weight is 261 g/mol. The highest BCUT2D eigenvalue weighted by molar-refractivity contribution is 5.94. The maximum atomic E-state index is 11.8. The van der Waals surface area contributed by atoms with E-state index in [2.05, 4.69) is 10.3 Å². The monoisotopic (exact) mass is 261 g/mol. The van der Waals surface area contributed by atoms with Crippen LogP contribution in [0.5, 0.6) is 0 Å². The molecular weight excluding hydrogens is 246 g/mol.